The van der Waals surface area contributed by atoms with Crippen LogP contribution in [-0.2, 0) is 4.79 Å². The van der Waals surface area contributed by atoms with Gasteiger partial charge in [-0.05, 0) is 79.3 Å². The average molecular weight is 562 g/mol. The van der Waals surface area contributed by atoms with Crippen LogP contribution in [0.2, 0.25) is 0 Å². The molecular weight excluding hydrogens is 536 g/mol. The van der Waals surface area contributed by atoms with Gasteiger partial charge in [-0.15, -0.1) is 0 Å². The molecule has 1 aliphatic rings. The van der Waals surface area contributed by atoms with Gasteiger partial charge in [0.15, 0.2) is 5.11 Å². The minimum atomic E-state index is -0.257. The second-order valence-electron chi connectivity index (χ2n) is 8.61. The van der Waals surface area contributed by atoms with E-state index < -0.39 is 0 Å². The van der Waals surface area contributed by atoms with Gasteiger partial charge in [0.25, 0.3) is 0 Å². The lowest BCUT2D eigenvalue weighted by molar-refractivity contribution is -0.115. The van der Waals surface area contributed by atoms with E-state index in [0.717, 1.165) is 44.2 Å². The number of nitrogens with zero attached hydrogens (tertiary/aromatic N) is 2. The van der Waals surface area contributed by atoms with E-state index in [-0.39, 0.29) is 18.0 Å². The van der Waals surface area contributed by atoms with Crippen molar-refractivity contribution in [3.8, 4) is 11.3 Å². The maximum atomic E-state index is 11.9. The number of halogens is 1. The van der Waals surface area contributed by atoms with Gasteiger partial charge in [-0.2, -0.15) is 0 Å². The van der Waals surface area contributed by atoms with Gasteiger partial charge < -0.3 is 20.0 Å². The Balaban J connectivity index is 1.55. The molecule has 2 N–H and O–H groups in total. The minimum Gasteiger partial charge on any atom is -0.459 e. The quantitative estimate of drug-likeness (QED) is 0.249. The summed E-state index contributed by atoms with van der Waals surface area (Å²) in [6.45, 7) is 3.81. The van der Waals surface area contributed by atoms with Crippen molar-refractivity contribution in [1.29, 1.82) is 0 Å². The van der Waals surface area contributed by atoms with Crippen molar-refractivity contribution < 1.29 is 9.21 Å². The Kier molecular flexibility index (Phi) is 6.89. The molecule has 0 unspecified atom stereocenters. The fraction of sp³-hybridized carbons (Fsp3) is 0.179. The van der Waals surface area contributed by atoms with Gasteiger partial charge in [-0.3, -0.25) is 9.78 Å². The Morgan fingerprint density at radius 2 is 1.94 bits per heavy atom. The summed E-state index contributed by atoms with van der Waals surface area (Å²) in [7, 11) is 0. The third-order valence-electron chi connectivity index (χ3n) is 6.23. The van der Waals surface area contributed by atoms with Crippen LogP contribution in [0.3, 0.4) is 0 Å². The molecule has 0 bridgehead atoms. The second-order valence-corrected chi connectivity index (χ2v) is 9.91. The number of furan rings is 1. The number of carbonyl (C=O) groups is 1. The molecule has 5 rings (SSSR count). The molecule has 6 nitrogen and oxygen atoms in total. The van der Waals surface area contributed by atoms with E-state index in [2.05, 4.69) is 36.4 Å². The fourth-order valence-electron chi connectivity index (χ4n) is 4.38. The summed E-state index contributed by atoms with van der Waals surface area (Å²) in [6, 6.07) is 23.3. The van der Waals surface area contributed by atoms with Crippen LogP contribution in [0.1, 0.15) is 42.4 Å². The highest BCUT2D eigenvalue weighted by molar-refractivity contribution is 9.10. The second kappa shape index (κ2) is 10.2. The number of anilines is 2. The molecule has 0 spiro atoms. The van der Waals surface area contributed by atoms with Crippen LogP contribution in [0.4, 0.5) is 11.4 Å². The maximum absolute atomic E-state index is 11.9. The molecule has 0 saturated carbocycles. The highest BCUT2D eigenvalue weighted by atomic mass is 79.9. The lowest BCUT2D eigenvalue weighted by Gasteiger charge is -2.26. The number of nitrogens with one attached hydrogen (secondary N) is 2. The van der Waals surface area contributed by atoms with Crippen LogP contribution < -0.4 is 15.5 Å². The van der Waals surface area contributed by atoms with Crippen LogP contribution in [0.15, 0.2) is 87.9 Å². The number of hydrogen-bond donors (Lipinski definition) is 2. The van der Waals surface area contributed by atoms with Gasteiger partial charge in [0, 0.05) is 34.0 Å². The van der Waals surface area contributed by atoms with Crippen molar-refractivity contribution in [3.05, 3.63) is 100 Å². The molecule has 182 valence electrons. The summed E-state index contributed by atoms with van der Waals surface area (Å²) in [4.78, 5) is 18.6. The minimum absolute atomic E-state index is 0.0200. The van der Waals surface area contributed by atoms with E-state index in [4.69, 9.17) is 16.6 Å². The van der Waals surface area contributed by atoms with Gasteiger partial charge in [-0.25, -0.2) is 0 Å². The van der Waals surface area contributed by atoms with Crippen LogP contribution in [0, 0.1) is 6.92 Å². The lowest BCUT2D eigenvalue weighted by atomic mass is 10.0. The standard InChI is InChI=1S/C28H25BrN4O2S/c1-3-25(34)31-21-12-11-20(16-17(21)2)33-27(26(32-28(33)36)22-6-4-5-15-30-22)24-14-13-23(35-24)18-7-9-19(29)10-8-18/h4-16,26-27H,3H2,1-2H3,(H,31,34)(H,32,36)/t26-,27+/m1/s1. The molecule has 1 aliphatic heterocycles. The number of pyridine rings is 1. The normalized spacial score (nSPS) is 17.2. The zero-order chi connectivity index (χ0) is 25.2. The van der Waals surface area contributed by atoms with Crippen molar-refractivity contribution in [2.75, 3.05) is 10.2 Å². The summed E-state index contributed by atoms with van der Waals surface area (Å²) in [5.41, 5.74) is 4.51. The molecule has 1 saturated heterocycles. The largest absolute Gasteiger partial charge is 0.459 e. The van der Waals surface area contributed by atoms with E-state index in [1.165, 1.54) is 0 Å². The van der Waals surface area contributed by atoms with Crippen molar-refractivity contribution in [1.82, 2.24) is 10.3 Å². The summed E-state index contributed by atoms with van der Waals surface area (Å²) >= 11 is 9.32. The molecular formula is C28H25BrN4O2S. The summed E-state index contributed by atoms with van der Waals surface area (Å²) in [5, 5.41) is 7.00. The zero-order valence-corrected chi connectivity index (χ0v) is 22.3. The molecule has 1 amide bonds. The van der Waals surface area contributed by atoms with Crippen molar-refractivity contribution in [2.45, 2.75) is 32.4 Å². The summed E-state index contributed by atoms with van der Waals surface area (Å²) in [5.74, 6) is 1.54. The first-order valence-electron chi connectivity index (χ1n) is 11.7. The predicted octanol–water partition coefficient (Wildman–Crippen LogP) is 6.94. The van der Waals surface area contributed by atoms with Crippen LogP contribution in [0.5, 0.6) is 0 Å². The van der Waals surface area contributed by atoms with Gasteiger partial charge in [0.1, 0.15) is 17.6 Å². The SMILES string of the molecule is CCC(=O)Nc1ccc(N2C(=S)N[C@H](c3ccccn3)[C@@H]2c2ccc(-c3ccc(Br)cc3)o2)cc1C. The van der Waals surface area contributed by atoms with E-state index in [1.807, 2.05) is 86.6 Å². The van der Waals surface area contributed by atoms with E-state index in [0.29, 0.717) is 11.5 Å². The molecule has 2 aromatic carbocycles. The summed E-state index contributed by atoms with van der Waals surface area (Å²) in [6.07, 6.45) is 2.21. The number of amides is 1. The predicted molar refractivity (Wildman–Crippen MR) is 150 cm³/mol. The van der Waals surface area contributed by atoms with Crippen LogP contribution >= 0.6 is 28.1 Å². The van der Waals surface area contributed by atoms with Crippen LogP contribution in [-0.4, -0.2) is 16.0 Å². The van der Waals surface area contributed by atoms with Gasteiger partial charge in [-0.1, -0.05) is 41.1 Å². The molecule has 0 aliphatic carbocycles. The van der Waals surface area contributed by atoms with E-state index >= 15 is 0 Å². The van der Waals surface area contributed by atoms with Crippen molar-refractivity contribution in [2.24, 2.45) is 0 Å². The lowest BCUT2D eigenvalue weighted by Crippen LogP contribution is -2.29. The number of hydrogen-bond acceptors (Lipinski definition) is 4. The Labute approximate surface area is 223 Å². The topological polar surface area (TPSA) is 70.4 Å². The molecule has 2 aromatic heterocycles. The van der Waals surface area contributed by atoms with Crippen molar-refractivity contribution >= 4 is 50.5 Å². The van der Waals surface area contributed by atoms with Gasteiger partial charge in [0.2, 0.25) is 5.91 Å². The highest BCUT2D eigenvalue weighted by Gasteiger charge is 2.42. The smallest absolute Gasteiger partial charge is 0.224 e. The fourth-order valence-corrected chi connectivity index (χ4v) is 4.99. The van der Waals surface area contributed by atoms with Gasteiger partial charge in [0.05, 0.1) is 11.7 Å². The molecule has 2 atom stereocenters. The van der Waals surface area contributed by atoms with Crippen molar-refractivity contribution in [3.63, 3.8) is 0 Å². The molecule has 8 heteroatoms. The summed E-state index contributed by atoms with van der Waals surface area (Å²) < 4.78 is 7.44. The first kappa shape index (κ1) is 24.2. The average Bonchev–Trinajstić information content (AvgIpc) is 3.51. The number of aryl methyl sites for hydroxylation is 1. The third kappa shape index (κ3) is 4.79. The van der Waals surface area contributed by atoms with E-state index in [1.54, 1.807) is 6.20 Å². The molecule has 36 heavy (non-hydrogen) atoms. The Morgan fingerprint density at radius 3 is 2.64 bits per heavy atom. The molecule has 0 radical (unpaired) electrons. The first-order valence-corrected chi connectivity index (χ1v) is 12.9. The van der Waals surface area contributed by atoms with Gasteiger partial charge >= 0.3 is 0 Å². The molecule has 4 aromatic rings. The highest BCUT2D eigenvalue weighted by Crippen LogP contribution is 2.43. The Morgan fingerprint density at radius 1 is 1.14 bits per heavy atom. The van der Waals surface area contributed by atoms with E-state index in [9.17, 15) is 4.79 Å². The number of carbonyl (C=O) groups excluding carboxylic acids is 1. The number of aromatic nitrogens is 1. The third-order valence-corrected chi connectivity index (χ3v) is 7.07. The number of rotatable bonds is 6. The Hall–Kier alpha value is -3.49. The zero-order valence-electron chi connectivity index (χ0n) is 19.9. The number of benzene rings is 2. The Bertz CT molecular complexity index is 1400. The van der Waals surface area contributed by atoms with Crippen LogP contribution in [0.25, 0.3) is 11.3 Å². The molecule has 1 fully saturated rings. The first-order chi connectivity index (χ1) is 17.4. The maximum Gasteiger partial charge on any atom is 0.224 e. The monoisotopic (exact) mass is 560 g/mol. The molecule has 3 heterocycles. The number of thiocarbonyl (C=S) groups is 1.